The van der Waals surface area contributed by atoms with Crippen molar-refractivity contribution in [2.75, 3.05) is 13.2 Å². The SMILES string of the molecule is CCOc1ccc([C@H]2C(C(=O)OCCc3ccccc3)=C(C)NC3=C2C(=O)CC(C)(C)C3)cc1. The number of carbonyl (C=O) groups is 2. The highest BCUT2D eigenvalue weighted by molar-refractivity contribution is 6.04. The number of Topliss-reactive ketones (excluding diaryl/α,β-unsaturated/α-hetero) is 1. The van der Waals surface area contributed by atoms with Crippen LogP contribution in [0.15, 0.2) is 77.1 Å². The molecule has 1 heterocycles. The number of benzene rings is 2. The van der Waals surface area contributed by atoms with E-state index in [0.717, 1.165) is 34.7 Å². The second-order valence-electron chi connectivity index (χ2n) is 9.80. The third-order valence-corrected chi connectivity index (χ3v) is 6.45. The molecule has 0 saturated heterocycles. The van der Waals surface area contributed by atoms with Crippen molar-refractivity contribution >= 4 is 11.8 Å². The van der Waals surface area contributed by atoms with Crippen molar-refractivity contribution in [3.8, 4) is 5.75 Å². The van der Waals surface area contributed by atoms with Gasteiger partial charge < -0.3 is 14.8 Å². The van der Waals surface area contributed by atoms with Gasteiger partial charge >= 0.3 is 5.97 Å². The Kier molecular flexibility index (Phi) is 6.92. The molecule has 2 aliphatic rings. The van der Waals surface area contributed by atoms with Crippen molar-refractivity contribution in [1.29, 1.82) is 0 Å². The third-order valence-electron chi connectivity index (χ3n) is 6.45. The summed E-state index contributed by atoms with van der Waals surface area (Å²) >= 11 is 0. The monoisotopic (exact) mass is 459 g/mol. The number of ether oxygens (including phenoxy) is 2. The van der Waals surface area contributed by atoms with Crippen LogP contribution in [0.5, 0.6) is 5.75 Å². The van der Waals surface area contributed by atoms with Crippen LogP contribution in [0.3, 0.4) is 0 Å². The summed E-state index contributed by atoms with van der Waals surface area (Å²) in [4.78, 5) is 26.8. The fourth-order valence-corrected chi connectivity index (χ4v) is 4.95. The third kappa shape index (κ3) is 5.09. The molecule has 1 atom stereocenters. The van der Waals surface area contributed by atoms with Crippen molar-refractivity contribution in [2.24, 2.45) is 5.41 Å². The lowest BCUT2D eigenvalue weighted by molar-refractivity contribution is -0.139. The summed E-state index contributed by atoms with van der Waals surface area (Å²) in [5.74, 6) is 0.00153. The van der Waals surface area contributed by atoms with Gasteiger partial charge in [0, 0.05) is 35.7 Å². The average Bonchev–Trinajstić information content (AvgIpc) is 2.78. The number of nitrogens with one attached hydrogen (secondary N) is 1. The Morgan fingerprint density at radius 1 is 1.06 bits per heavy atom. The van der Waals surface area contributed by atoms with Gasteiger partial charge in [0.25, 0.3) is 0 Å². The quantitative estimate of drug-likeness (QED) is 0.556. The van der Waals surface area contributed by atoms with E-state index in [4.69, 9.17) is 9.47 Å². The van der Waals surface area contributed by atoms with Crippen LogP contribution in [-0.2, 0) is 20.7 Å². The van der Waals surface area contributed by atoms with E-state index in [1.54, 1.807) is 0 Å². The van der Waals surface area contributed by atoms with Crippen LogP contribution in [0.1, 0.15) is 57.6 Å². The first-order valence-corrected chi connectivity index (χ1v) is 12.0. The van der Waals surface area contributed by atoms with Crippen LogP contribution < -0.4 is 10.1 Å². The number of carbonyl (C=O) groups excluding carboxylic acids is 2. The Morgan fingerprint density at radius 2 is 1.76 bits per heavy atom. The molecule has 0 bridgehead atoms. The van der Waals surface area contributed by atoms with Gasteiger partial charge in [0.1, 0.15) is 5.75 Å². The normalized spacial score (nSPS) is 19.4. The first-order chi connectivity index (χ1) is 16.3. The van der Waals surface area contributed by atoms with E-state index in [9.17, 15) is 9.59 Å². The highest BCUT2D eigenvalue weighted by atomic mass is 16.5. The summed E-state index contributed by atoms with van der Waals surface area (Å²) < 4.78 is 11.3. The number of rotatable bonds is 7. The zero-order valence-electron chi connectivity index (χ0n) is 20.4. The van der Waals surface area contributed by atoms with E-state index >= 15 is 0 Å². The molecule has 1 aliphatic carbocycles. The zero-order valence-corrected chi connectivity index (χ0v) is 20.4. The molecule has 0 fully saturated rings. The smallest absolute Gasteiger partial charge is 0.336 e. The second kappa shape index (κ2) is 9.88. The number of dihydropyridines is 1. The molecule has 34 heavy (non-hydrogen) atoms. The van der Waals surface area contributed by atoms with Crippen LogP contribution in [0.25, 0.3) is 0 Å². The Bertz CT molecular complexity index is 1130. The van der Waals surface area contributed by atoms with Crippen LogP contribution >= 0.6 is 0 Å². The standard InChI is InChI=1S/C29H33NO4/c1-5-33-22-13-11-21(12-14-22)26-25(28(32)34-16-15-20-9-7-6-8-10-20)19(2)30-23-17-29(3,4)18-24(31)27(23)26/h6-14,26,30H,5,15-18H2,1-4H3/t26-/m0/s1. The van der Waals surface area contributed by atoms with Crippen molar-refractivity contribution < 1.29 is 19.1 Å². The van der Waals surface area contributed by atoms with E-state index in [-0.39, 0.29) is 23.8 Å². The molecule has 0 saturated carbocycles. The maximum atomic E-state index is 13.4. The van der Waals surface area contributed by atoms with E-state index in [1.165, 1.54) is 0 Å². The fourth-order valence-electron chi connectivity index (χ4n) is 4.95. The zero-order chi connectivity index (χ0) is 24.3. The largest absolute Gasteiger partial charge is 0.494 e. The maximum absolute atomic E-state index is 13.4. The molecule has 0 spiro atoms. The number of hydrogen-bond acceptors (Lipinski definition) is 5. The number of allylic oxidation sites excluding steroid dienone is 3. The van der Waals surface area contributed by atoms with E-state index in [2.05, 4.69) is 19.2 Å². The Morgan fingerprint density at radius 3 is 2.44 bits per heavy atom. The molecule has 0 amide bonds. The summed E-state index contributed by atoms with van der Waals surface area (Å²) in [6, 6.07) is 17.6. The topological polar surface area (TPSA) is 64.6 Å². The molecule has 4 rings (SSSR count). The Hall–Kier alpha value is -3.34. The number of esters is 1. The molecule has 0 unspecified atom stereocenters. The summed E-state index contributed by atoms with van der Waals surface area (Å²) in [7, 11) is 0. The summed E-state index contributed by atoms with van der Waals surface area (Å²) in [6.45, 7) is 8.90. The van der Waals surface area contributed by atoms with Crippen LogP contribution in [0, 0.1) is 5.41 Å². The molecule has 2 aromatic rings. The molecule has 178 valence electrons. The molecule has 1 N–H and O–H groups in total. The van der Waals surface area contributed by atoms with Crippen molar-refractivity contribution in [3.63, 3.8) is 0 Å². The Balaban J connectivity index is 1.66. The van der Waals surface area contributed by atoms with Gasteiger partial charge in [-0.3, -0.25) is 4.79 Å². The highest BCUT2D eigenvalue weighted by Crippen LogP contribution is 2.47. The number of hydrogen-bond donors (Lipinski definition) is 1. The molecule has 1 aliphatic heterocycles. The molecule has 5 nitrogen and oxygen atoms in total. The maximum Gasteiger partial charge on any atom is 0.336 e. The van der Waals surface area contributed by atoms with Gasteiger partial charge in [-0.1, -0.05) is 56.3 Å². The van der Waals surface area contributed by atoms with Crippen molar-refractivity contribution in [3.05, 3.63) is 88.3 Å². The Labute approximate surface area is 201 Å². The predicted octanol–water partition coefficient (Wildman–Crippen LogP) is 5.48. The minimum atomic E-state index is -0.459. The first-order valence-electron chi connectivity index (χ1n) is 12.0. The van der Waals surface area contributed by atoms with E-state index in [0.29, 0.717) is 30.6 Å². The molecular formula is C29H33NO4. The van der Waals surface area contributed by atoms with E-state index < -0.39 is 5.92 Å². The van der Waals surface area contributed by atoms with Gasteiger partial charge in [0.15, 0.2) is 5.78 Å². The lowest BCUT2D eigenvalue weighted by Gasteiger charge is -2.39. The minimum absolute atomic E-state index is 0.0831. The van der Waals surface area contributed by atoms with Crippen LogP contribution in [-0.4, -0.2) is 25.0 Å². The summed E-state index contributed by atoms with van der Waals surface area (Å²) in [6.07, 6.45) is 1.85. The molecule has 2 aromatic carbocycles. The van der Waals surface area contributed by atoms with Gasteiger partial charge in [0.05, 0.1) is 18.8 Å². The molecule has 0 aromatic heterocycles. The van der Waals surface area contributed by atoms with Gasteiger partial charge in [-0.2, -0.15) is 0 Å². The summed E-state index contributed by atoms with van der Waals surface area (Å²) in [5.41, 5.74) is 4.72. The minimum Gasteiger partial charge on any atom is -0.494 e. The van der Waals surface area contributed by atoms with E-state index in [1.807, 2.05) is 68.4 Å². The number of ketones is 1. The fraction of sp³-hybridized carbons (Fsp3) is 0.379. The van der Waals surface area contributed by atoms with Gasteiger partial charge in [-0.05, 0) is 48.9 Å². The first kappa shape index (κ1) is 23.8. The highest BCUT2D eigenvalue weighted by Gasteiger charge is 2.43. The summed E-state index contributed by atoms with van der Waals surface area (Å²) in [5, 5.41) is 3.39. The lowest BCUT2D eigenvalue weighted by Crippen LogP contribution is -2.38. The second-order valence-corrected chi connectivity index (χ2v) is 9.80. The van der Waals surface area contributed by atoms with Gasteiger partial charge in [-0.15, -0.1) is 0 Å². The van der Waals surface area contributed by atoms with Crippen molar-refractivity contribution in [2.45, 2.75) is 52.9 Å². The lowest BCUT2D eigenvalue weighted by atomic mass is 9.68. The molecule has 5 heteroatoms. The van der Waals surface area contributed by atoms with Gasteiger partial charge in [-0.25, -0.2) is 4.79 Å². The predicted molar refractivity (Wildman–Crippen MR) is 132 cm³/mol. The van der Waals surface area contributed by atoms with Crippen LogP contribution in [0.4, 0.5) is 0 Å². The van der Waals surface area contributed by atoms with Gasteiger partial charge in [0.2, 0.25) is 0 Å². The molecule has 0 radical (unpaired) electrons. The van der Waals surface area contributed by atoms with Crippen molar-refractivity contribution in [1.82, 2.24) is 5.32 Å². The van der Waals surface area contributed by atoms with Crippen LogP contribution in [0.2, 0.25) is 0 Å². The average molecular weight is 460 g/mol. The molecular weight excluding hydrogens is 426 g/mol.